The maximum Gasteiger partial charge on any atom is 0.249 e. The van der Waals surface area contributed by atoms with Crippen LogP contribution in [-0.2, 0) is 13.1 Å². The second kappa shape index (κ2) is 7.40. The Morgan fingerprint density at radius 2 is 1.70 bits per heavy atom. The van der Waals surface area contributed by atoms with Crippen LogP contribution in [0, 0.1) is 0 Å². The highest BCUT2D eigenvalue weighted by Gasteiger charge is 2.14. The zero-order chi connectivity index (χ0) is 16.1. The molecule has 0 aliphatic carbocycles. The van der Waals surface area contributed by atoms with Crippen LogP contribution in [0.3, 0.4) is 0 Å². The molecule has 0 unspecified atom stereocenters. The van der Waals surface area contributed by atoms with Crippen molar-refractivity contribution in [3.05, 3.63) is 71.1 Å². The Bertz CT molecular complexity index is 758. The van der Waals surface area contributed by atoms with Crippen LogP contribution < -0.4 is 0 Å². The lowest BCUT2D eigenvalue weighted by Gasteiger charge is -2.18. The molecule has 3 aromatic rings. The van der Waals surface area contributed by atoms with Crippen LogP contribution in [0.25, 0.3) is 11.5 Å². The zero-order valence-electron chi connectivity index (χ0n) is 12.9. The van der Waals surface area contributed by atoms with Crippen molar-refractivity contribution >= 4 is 11.6 Å². The molecule has 0 atom stereocenters. The highest BCUT2D eigenvalue weighted by molar-refractivity contribution is 6.33. The van der Waals surface area contributed by atoms with Gasteiger partial charge in [-0.3, -0.25) is 4.90 Å². The van der Waals surface area contributed by atoms with E-state index in [1.807, 2.05) is 42.5 Å². The van der Waals surface area contributed by atoms with Crippen molar-refractivity contribution in [2.75, 3.05) is 6.54 Å². The van der Waals surface area contributed by atoms with Crippen molar-refractivity contribution in [1.82, 2.24) is 15.1 Å². The van der Waals surface area contributed by atoms with Gasteiger partial charge in [0.2, 0.25) is 11.8 Å². The van der Waals surface area contributed by atoms with Gasteiger partial charge < -0.3 is 4.42 Å². The maximum atomic E-state index is 6.17. The quantitative estimate of drug-likeness (QED) is 0.672. The van der Waals surface area contributed by atoms with E-state index in [-0.39, 0.29) is 0 Å². The number of halogens is 1. The molecule has 0 bridgehead atoms. The molecule has 0 spiro atoms. The van der Waals surface area contributed by atoms with Crippen LogP contribution >= 0.6 is 11.6 Å². The monoisotopic (exact) mass is 327 g/mol. The lowest BCUT2D eigenvalue weighted by Crippen LogP contribution is -2.22. The van der Waals surface area contributed by atoms with E-state index in [2.05, 4.69) is 34.2 Å². The molecule has 0 amide bonds. The highest BCUT2D eigenvalue weighted by atomic mass is 35.5. The van der Waals surface area contributed by atoms with Crippen LogP contribution in [0.5, 0.6) is 0 Å². The summed E-state index contributed by atoms with van der Waals surface area (Å²) in [5, 5.41) is 8.87. The van der Waals surface area contributed by atoms with Gasteiger partial charge in [-0.25, -0.2) is 0 Å². The van der Waals surface area contributed by atoms with Gasteiger partial charge in [0.25, 0.3) is 0 Å². The van der Waals surface area contributed by atoms with Crippen molar-refractivity contribution in [2.24, 2.45) is 0 Å². The summed E-state index contributed by atoms with van der Waals surface area (Å²) in [5.41, 5.74) is 2.03. The summed E-state index contributed by atoms with van der Waals surface area (Å²) < 4.78 is 5.77. The molecule has 0 fully saturated rings. The fourth-order valence-electron chi connectivity index (χ4n) is 2.37. The standard InChI is InChI=1S/C18H18ClN3O/c1-2-22(12-14-8-4-3-5-9-14)13-17-20-21-18(23-17)15-10-6-7-11-16(15)19/h3-11H,2,12-13H2,1H3. The van der Waals surface area contributed by atoms with Crippen molar-refractivity contribution in [3.63, 3.8) is 0 Å². The van der Waals surface area contributed by atoms with Gasteiger partial charge in [0.05, 0.1) is 17.1 Å². The number of benzene rings is 2. The van der Waals surface area contributed by atoms with Crippen molar-refractivity contribution in [1.29, 1.82) is 0 Å². The minimum absolute atomic E-state index is 0.460. The normalized spacial score (nSPS) is 11.1. The average Bonchev–Trinajstić information content (AvgIpc) is 3.04. The topological polar surface area (TPSA) is 42.2 Å². The first kappa shape index (κ1) is 15.7. The molecule has 23 heavy (non-hydrogen) atoms. The van der Waals surface area contributed by atoms with Crippen LogP contribution in [-0.4, -0.2) is 21.6 Å². The smallest absolute Gasteiger partial charge is 0.249 e. The Labute approximate surface area is 140 Å². The van der Waals surface area contributed by atoms with Gasteiger partial charge in [0.15, 0.2) is 0 Å². The number of aromatic nitrogens is 2. The molecule has 0 radical (unpaired) electrons. The number of hydrogen-bond acceptors (Lipinski definition) is 4. The first-order chi connectivity index (χ1) is 11.3. The van der Waals surface area contributed by atoms with E-state index in [4.69, 9.17) is 16.0 Å². The maximum absolute atomic E-state index is 6.17. The Morgan fingerprint density at radius 1 is 0.957 bits per heavy atom. The van der Waals surface area contributed by atoms with E-state index < -0.39 is 0 Å². The summed E-state index contributed by atoms with van der Waals surface area (Å²) in [5.74, 6) is 1.05. The predicted octanol–water partition coefficient (Wildman–Crippen LogP) is 4.41. The largest absolute Gasteiger partial charge is 0.419 e. The Hall–Kier alpha value is -2.17. The molecule has 5 heteroatoms. The van der Waals surface area contributed by atoms with Crippen molar-refractivity contribution in [2.45, 2.75) is 20.0 Å². The summed E-state index contributed by atoms with van der Waals surface area (Å²) in [7, 11) is 0. The average molecular weight is 328 g/mol. The van der Waals surface area contributed by atoms with Crippen LogP contribution in [0.4, 0.5) is 0 Å². The number of nitrogens with zero attached hydrogens (tertiary/aromatic N) is 3. The first-order valence-corrected chi connectivity index (χ1v) is 7.97. The Morgan fingerprint density at radius 3 is 2.43 bits per heavy atom. The molecule has 4 nitrogen and oxygen atoms in total. The molecule has 0 aliphatic heterocycles. The van der Waals surface area contributed by atoms with Crippen molar-refractivity contribution in [3.8, 4) is 11.5 Å². The summed E-state index contributed by atoms with van der Waals surface area (Å²) in [6, 6.07) is 17.8. The fraction of sp³-hybridized carbons (Fsp3) is 0.222. The van der Waals surface area contributed by atoms with E-state index in [0.29, 0.717) is 23.3 Å². The fourth-order valence-corrected chi connectivity index (χ4v) is 2.59. The Kier molecular flexibility index (Phi) is 5.05. The van der Waals surface area contributed by atoms with E-state index in [0.717, 1.165) is 18.7 Å². The van der Waals surface area contributed by atoms with Gasteiger partial charge in [0, 0.05) is 6.54 Å². The molecule has 1 aromatic heterocycles. The van der Waals surface area contributed by atoms with Gasteiger partial charge in [-0.05, 0) is 24.2 Å². The summed E-state index contributed by atoms with van der Waals surface area (Å²) >= 11 is 6.17. The molecule has 118 valence electrons. The Balaban J connectivity index is 1.71. The lowest BCUT2D eigenvalue weighted by molar-refractivity contribution is 0.243. The second-order valence-corrected chi connectivity index (χ2v) is 5.68. The molecule has 2 aromatic carbocycles. The third kappa shape index (κ3) is 3.97. The summed E-state index contributed by atoms with van der Waals surface area (Å²) in [6.45, 7) is 4.48. The predicted molar refractivity (Wildman–Crippen MR) is 91.0 cm³/mol. The third-order valence-electron chi connectivity index (χ3n) is 3.63. The molecule has 3 rings (SSSR count). The SMILES string of the molecule is CCN(Cc1ccccc1)Cc1nnc(-c2ccccc2Cl)o1. The lowest BCUT2D eigenvalue weighted by atomic mass is 10.2. The van der Waals surface area contributed by atoms with E-state index in [1.165, 1.54) is 5.56 Å². The molecule has 0 aliphatic rings. The minimum atomic E-state index is 0.460. The van der Waals surface area contributed by atoms with Crippen LogP contribution in [0.15, 0.2) is 59.0 Å². The van der Waals surface area contributed by atoms with Crippen LogP contribution in [0.2, 0.25) is 5.02 Å². The first-order valence-electron chi connectivity index (χ1n) is 7.60. The van der Waals surface area contributed by atoms with Gasteiger partial charge in [-0.15, -0.1) is 10.2 Å². The summed E-state index contributed by atoms with van der Waals surface area (Å²) in [6.07, 6.45) is 0. The molecule has 0 saturated heterocycles. The zero-order valence-corrected chi connectivity index (χ0v) is 13.7. The number of rotatable bonds is 6. The van der Waals surface area contributed by atoms with Crippen molar-refractivity contribution < 1.29 is 4.42 Å². The van der Waals surface area contributed by atoms with Crippen LogP contribution in [0.1, 0.15) is 18.4 Å². The molecule has 1 heterocycles. The third-order valence-corrected chi connectivity index (χ3v) is 3.96. The highest BCUT2D eigenvalue weighted by Crippen LogP contribution is 2.26. The molecule has 0 saturated carbocycles. The molecule has 0 N–H and O–H groups in total. The van der Waals surface area contributed by atoms with Gasteiger partial charge in [-0.2, -0.15) is 0 Å². The molecular formula is C18H18ClN3O. The second-order valence-electron chi connectivity index (χ2n) is 5.27. The number of hydrogen-bond donors (Lipinski definition) is 0. The summed E-state index contributed by atoms with van der Waals surface area (Å²) in [4.78, 5) is 2.25. The van der Waals surface area contributed by atoms with E-state index in [9.17, 15) is 0 Å². The van der Waals surface area contributed by atoms with Gasteiger partial charge in [0.1, 0.15) is 0 Å². The minimum Gasteiger partial charge on any atom is -0.419 e. The van der Waals surface area contributed by atoms with Gasteiger partial charge in [-0.1, -0.05) is 61.0 Å². The van der Waals surface area contributed by atoms with E-state index >= 15 is 0 Å². The van der Waals surface area contributed by atoms with E-state index in [1.54, 1.807) is 0 Å². The molecular weight excluding hydrogens is 310 g/mol. The van der Waals surface area contributed by atoms with Gasteiger partial charge >= 0.3 is 0 Å².